The van der Waals surface area contributed by atoms with Crippen molar-refractivity contribution >= 4 is 13.2 Å². The lowest BCUT2D eigenvalue weighted by atomic mass is 9.85. The standard InChI is InChI=1S/C18H32BNO4/c1-16(2,3)22-15(21)20-11-8-9-14(10-12-20)13-19-23-17(4,5)18(6,7)24-19/h13H,8-12H2,1-7H3/b14-13+. The highest BCUT2D eigenvalue weighted by molar-refractivity contribution is 6.51. The molecule has 0 atom stereocenters. The van der Waals surface area contributed by atoms with E-state index in [-0.39, 0.29) is 24.4 Å². The average molecular weight is 337 g/mol. The van der Waals surface area contributed by atoms with Crippen LogP contribution in [0.1, 0.15) is 67.7 Å². The van der Waals surface area contributed by atoms with E-state index in [4.69, 9.17) is 14.0 Å². The number of ether oxygens (including phenoxy) is 1. The zero-order valence-electron chi connectivity index (χ0n) is 16.3. The molecule has 0 aromatic heterocycles. The normalized spacial score (nSPS) is 25.7. The minimum Gasteiger partial charge on any atom is -0.444 e. The third-order valence-electron chi connectivity index (χ3n) is 4.92. The Balaban J connectivity index is 1.95. The molecular formula is C18H32BNO4. The lowest BCUT2D eigenvalue weighted by Crippen LogP contribution is -2.41. The number of nitrogens with zero attached hydrogens (tertiary/aromatic N) is 1. The predicted octanol–water partition coefficient (Wildman–Crippen LogP) is 3.97. The quantitative estimate of drug-likeness (QED) is 0.680. The van der Waals surface area contributed by atoms with Gasteiger partial charge >= 0.3 is 13.2 Å². The fourth-order valence-electron chi connectivity index (χ4n) is 2.84. The second kappa shape index (κ2) is 6.72. The molecule has 0 saturated carbocycles. The molecule has 0 radical (unpaired) electrons. The third-order valence-corrected chi connectivity index (χ3v) is 4.92. The first-order chi connectivity index (χ1) is 10.9. The maximum absolute atomic E-state index is 12.2. The third kappa shape index (κ3) is 4.76. The second-order valence-electron chi connectivity index (χ2n) is 8.77. The highest BCUT2D eigenvalue weighted by Crippen LogP contribution is 2.37. The van der Waals surface area contributed by atoms with E-state index in [2.05, 4.69) is 33.7 Å². The van der Waals surface area contributed by atoms with E-state index in [1.807, 2.05) is 20.8 Å². The summed E-state index contributed by atoms with van der Waals surface area (Å²) in [5.74, 6) is 2.09. The smallest absolute Gasteiger partial charge is 0.444 e. The molecule has 136 valence electrons. The van der Waals surface area contributed by atoms with Gasteiger partial charge in [0, 0.05) is 13.1 Å². The Kier molecular flexibility index (Phi) is 5.41. The summed E-state index contributed by atoms with van der Waals surface area (Å²) in [6.45, 7) is 15.3. The van der Waals surface area contributed by atoms with E-state index >= 15 is 0 Å². The lowest BCUT2D eigenvalue weighted by Gasteiger charge is -2.32. The first-order valence-electron chi connectivity index (χ1n) is 8.93. The van der Waals surface area contributed by atoms with Gasteiger partial charge in [-0.1, -0.05) is 11.5 Å². The van der Waals surface area contributed by atoms with Crippen molar-refractivity contribution in [3.8, 4) is 0 Å². The first kappa shape index (κ1) is 19.3. The van der Waals surface area contributed by atoms with Crippen molar-refractivity contribution < 1.29 is 18.8 Å². The molecule has 5 nitrogen and oxygen atoms in total. The molecule has 0 unspecified atom stereocenters. The van der Waals surface area contributed by atoms with E-state index < -0.39 is 5.60 Å². The number of amides is 1. The minimum absolute atomic E-state index is 0.223. The number of hydrogen-bond acceptors (Lipinski definition) is 4. The monoisotopic (exact) mass is 337 g/mol. The minimum atomic E-state index is -0.454. The highest BCUT2D eigenvalue weighted by atomic mass is 16.7. The molecule has 1 amide bonds. The number of carbonyl (C=O) groups excluding carboxylic acids is 1. The Bertz CT molecular complexity index is 492. The molecule has 24 heavy (non-hydrogen) atoms. The molecule has 0 bridgehead atoms. The van der Waals surface area contributed by atoms with Gasteiger partial charge in [-0.15, -0.1) is 0 Å². The number of hydrogen-bond donors (Lipinski definition) is 0. The summed E-state index contributed by atoms with van der Waals surface area (Å²) in [7, 11) is -0.307. The number of carbonyl (C=O) groups is 1. The van der Waals surface area contributed by atoms with Gasteiger partial charge in [-0.2, -0.15) is 0 Å². The van der Waals surface area contributed by atoms with Gasteiger partial charge in [-0.3, -0.25) is 0 Å². The van der Waals surface area contributed by atoms with Gasteiger partial charge in [-0.25, -0.2) is 4.79 Å². The second-order valence-corrected chi connectivity index (χ2v) is 8.77. The summed E-state index contributed by atoms with van der Waals surface area (Å²) in [5.41, 5.74) is 0.203. The van der Waals surface area contributed by atoms with Gasteiger partial charge in [0.25, 0.3) is 0 Å². The topological polar surface area (TPSA) is 48.0 Å². The van der Waals surface area contributed by atoms with E-state index in [1.54, 1.807) is 4.90 Å². The Morgan fingerprint density at radius 3 is 2.25 bits per heavy atom. The van der Waals surface area contributed by atoms with E-state index in [1.165, 1.54) is 5.57 Å². The molecule has 0 aromatic carbocycles. The van der Waals surface area contributed by atoms with Crippen LogP contribution in [-0.4, -0.2) is 48.0 Å². The zero-order valence-corrected chi connectivity index (χ0v) is 16.3. The van der Waals surface area contributed by atoms with Crippen molar-refractivity contribution in [2.24, 2.45) is 0 Å². The molecule has 2 aliphatic rings. The lowest BCUT2D eigenvalue weighted by molar-refractivity contribution is 0.00578. The molecule has 2 aliphatic heterocycles. The van der Waals surface area contributed by atoms with Crippen LogP contribution in [0.3, 0.4) is 0 Å². The molecule has 0 spiro atoms. The van der Waals surface area contributed by atoms with Crippen molar-refractivity contribution in [1.82, 2.24) is 4.90 Å². The maximum Gasteiger partial charge on any atom is 0.487 e. The fourth-order valence-corrected chi connectivity index (χ4v) is 2.84. The number of rotatable bonds is 1. The molecule has 2 saturated heterocycles. The maximum atomic E-state index is 12.2. The van der Waals surface area contributed by atoms with Crippen molar-refractivity contribution in [3.05, 3.63) is 11.5 Å². The molecule has 2 heterocycles. The molecule has 6 heteroatoms. The van der Waals surface area contributed by atoms with Crippen LogP contribution in [0.4, 0.5) is 4.79 Å². The Hall–Kier alpha value is -1.01. The Labute approximate surface area is 146 Å². The Morgan fingerprint density at radius 2 is 1.71 bits per heavy atom. The van der Waals surface area contributed by atoms with Crippen LogP contribution < -0.4 is 0 Å². The Morgan fingerprint density at radius 1 is 1.12 bits per heavy atom. The molecule has 2 fully saturated rings. The van der Waals surface area contributed by atoms with Gasteiger partial charge in [0.1, 0.15) is 5.60 Å². The number of likely N-dealkylation sites (tertiary alicyclic amines) is 1. The fraction of sp³-hybridized carbons (Fsp3) is 0.833. The van der Waals surface area contributed by atoms with Crippen LogP contribution in [0.25, 0.3) is 0 Å². The SMILES string of the molecule is CC(C)(C)OC(=O)N1CCC/C(=C\B2OC(C)(C)C(C)(C)O2)CC1. The van der Waals surface area contributed by atoms with Gasteiger partial charge in [0.2, 0.25) is 0 Å². The van der Waals surface area contributed by atoms with Gasteiger partial charge in [0.15, 0.2) is 0 Å². The van der Waals surface area contributed by atoms with Gasteiger partial charge in [0.05, 0.1) is 11.2 Å². The molecule has 2 rings (SSSR count). The van der Waals surface area contributed by atoms with Crippen molar-refractivity contribution in [2.45, 2.75) is 84.5 Å². The first-order valence-corrected chi connectivity index (χ1v) is 8.93. The zero-order chi connectivity index (χ0) is 18.2. The van der Waals surface area contributed by atoms with Crippen molar-refractivity contribution in [1.29, 1.82) is 0 Å². The summed E-state index contributed by atoms with van der Waals surface area (Å²) < 4.78 is 17.6. The van der Waals surface area contributed by atoms with E-state index in [9.17, 15) is 4.79 Å². The molecular weight excluding hydrogens is 305 g/mol. The van der Waals surface area contributed by atoms with Crippen LogP contribution in [-0.2, 0) is 14.0 Å². The highest BCUT2D eigenvalue weighted by Gasteiger charge is 2.50. The molecule has 0 aromatic rings. The molecule has 0 aliphatic carbocycles. The molecule has 0 N–H and O–H groups in total. The summed E-state index contributed by atoms with van der Waals surface area (Å²) in [5, 5.41) is 0. The van der Waals surface area contributed by atoms with Gasteiger partial charge < -0.3 is 18.9 Å². The van der Waals surface area contributed by atoms with Crippen molar-refractivity contribution in [2.75, 3.05) is 13.1 Å². The van der Waals surface area contributed by atoms with Crippen LogP contribution >= 0.6 is 0 Å². The average Bonchev–Trinajstić information content (AvgIpc) is 2.54. The summed E-state index contributed by atoms with van der Waals surface area (Å²) in [6.07, 6.45) is 2.51. The largest absolute Gasteiger partial charge is 0.487 e. The van der Waals surface area contributed by atoms with E-state index in [0.717, 1.165) is 25.8 Å². The summed E-state index contributed by atoms with van der Waals surface area (Å²) in [4.78, 5) is 14.0. The van der Waals surface area contributed by atoms with Crippen LogP contribution in [0.2, 0.25) is 0 Å². The van der Waals surface area contributed by atoms with Crippen LogP contribution in [0, 0.1) is 0 Å². The van der Waals surface area contributed by atoms with E-state index in [0.29, 0.717) is 6.54 Å². The van der Waals surface area contributed by atoms with Crippen molar-refractivity contribution in [3.63, 3.8) is 0 Å². The van der Waals surface area contributed by atoms with Crippen LogP contribution in [0.5, 0.6) is 0 Å². The van der Waals surface area contributed by atoms with Crippen LogP contribution in [0.15, 0.2) is 11.5 Å². The van der Waals surface area contributed by atoms with Gasteiger partial charge in [-0.05, 0) is 67.7 Å². The predicted molar refractivity (Wildman–Crippen MR) is 95.8 cm³/mol. The summed E-state index contributed by atoms with van der Waals surface area (Å²) >= 11 is 0. The summed E-state index contributed by atoms with van der Waals surface area (Å²) in [6, 6.07) is 0.